The summed E-state index contributed by atoms with van der Waals surface area (Å²) in [5.41, 5.74) is 0.784. The molecular weight excluding hydrogens is 440 g/mol. The van der Waals surface area contributed by atoms with Crippen LogP contribution in [0.5, 0.6) is 0 Å². The highest BCUT2D eigenvalue weighted by molar-refractivity contribution is 7.92. The van der Waals surface area contributed by atoms with Crippen molar-refractivity contribution >= 4 is 27.9 Å². The van der Waals surface area contributed by atoms with Crippen molar-refractivity contribution in [2.45, 2.75) is 6.42 Å². The van der Waals surface area contributed by atoms with Crippen molar-refractivity contribution in [3.63, 3.8) is 0 Å². The predicted octanol–water partition coefficient (Wildman–Crippen LogP) is 2.23. The molecule has 0 aliphatic carbocycles. The number of carbonyl (C=O) groups excluding carboxylic acids is 2. The summed E-state index contributed by atoms with van der Waals surface area (Å²) < 4.78 is 52.9. The van der Waals surface area contributed by atoms with E-state index < -0.39 is 27.6 Å². The number of hydrogen-bond donors (Lipinski definition) is 1. The molecule has 2 aromatic rings. The minimum Gasteiger partial charge on any atom is -0.339 e. The molecule has 170 valence electrons. The first-order chi connectivity index (χ1) is 15.2. The van der Waals surface area contributed by atoms with Crippen LogP contribution in [0.1, 0.15) is 22.3 Å². The third-order valence-corrected chi connectivity index (χ3v) is 6.07. The van der Waals surface area contributed by atoms with Gasteiger partial charge in [0.05, 0.1) is 0 Å². The van der Waals surface area contributed by atoms with E-state index in [9.17, 15) is 26.8 Å². The minimum atomic E-state index is -3.67. The van der Waals surface area contributed by atoms with Crippen LogP contribution in [0.25, 0.3) is 6.08 Å². The van der Waals surface area contributed by atoms with E-state index in [-0.39, 0.29) is 50.6 Å². The van der Waals surface area contributed by atoms with Crippen molar-refractivity contribution in [3.8, 4) is 0 Å². The van der Waals surface area contributed by atoms with Crippen LogP contribution in [0.4, 0.5) is 8.78 Å². The van der Waals surface area contributed by atoms with Gasteiger partial charge in [-0.05, 0) is 29.8 Å². The summed E-state index contributed by atoms with van der Waals surface area (Å²) in [7, 11) is -3.67. The van der Waals surface area contributed by atoms with Crippen LogP contribution in [0.3, 0.4) is 0 Å². The highest BCUT2D eigenvalue weighted by atomic mass is 32.2. The number of amides is 2. The van der Waals surface area contributed by atoms with Gasteiger partial charge < -0.3 is 9.80 Å². The Morgan fingerprint density at radius 2 is 1.59 bits per heavy atom. The van der Waals surface area contributed by atoms with Crippen LogP contribution < -0.4 is 4.72 Å². The fourth-order valence-electron chi connectivity index (χ4n) is 3.21. The molecule has 2 aromatic carbocycles. The van der Waals surface area contributed by atoms with Gasteiger partial charge in [0.1, 0.15) is 0 Å². The van der Waals surface area contributed by atoms with Gasteiger partial charge in [0, 0.05) is 50.1 Å². The fourth-order valence-corrected chi connectivity index (χ4v) is 4.03. The van der Waals surface area contributed by atoms with Gasteiger partial charge in [-0.2, -0.15) is 0 Å². The number of nitrogens with zero attached hydrogens (tertiary/aromatic N) is 2. The zero-order chi connectivity index (χ0) is 23.1. The largest absolute Gasteiger partial charge is 0.339 e. The quantitative estimate of drug-likeness (QED) is 0.682. The Bertz CT molecular complexity index is 1100. The van der Waals surface area contributed by atoms with Gasteiger partial charge in [-0.15, -0.1) is 0 Å². The molecule has 1 aliphatic rings. The van der Waals surface area contributed by atoms with Gasteiger partial charge in [0.25, 0.3) is 5.91 Å². The first-order valence-corrected chi connectivity index (χ1v) is 11.5. The van der Waals surface area contributed by atoms with Crippen LogP contribution in [-0.4, -0.2) is 62.8 Å². The van der Waals surface area contributed by atoms with Crippen molar-refractivity contribution < 1.29 is 26.8 Å². The molecule has 0 spiro atoms. The average molecular weight is 464 g/mol. The standard InChI is InChI=1S/C22H23F2N3O4S/c23-19-7-6-18(16-20(19)24)22(29)27-13-11-26(12-14-27)21(28)8-10-25-32(30,31)15-9-17-4-2-1-3-5-17/h1-7,9,15-16,25H,8,10-14H2/b15-9+. The van der Waals surface area contributed by atoms with Gasteiger partial charge >= 0.3 is 0 Å². The Morgan fingerprint density at radius 3 is 2.25 bits per heavy atom. The second-order valence-electron chi connectivity index (χ2n) is 7.20. The maximum absolute atomic E-state index is 13.4. The molecule has 10 heteroatoms. The second-order valence-corrected chi connectivity index (χ2v) is 8.86. The molecule has 0 atom stereocenters. The maximum atomic E-state index is 13.4. The molecule has 7 nitrogen and oxygen atoms in total. The Morgan fingerprint density at radius 1 is 0.938 bits per heavy atom. The molecule has 0 bridgehead atoms. The van der Waals surface area contributed by atoms with E-state index in [1.165, 1.54) is 17.0 Å². The first-order valence-electron chi connectivity index (χ1n) is 10.00. The van der Waals surface area contributed by atoms with Gasteiger partial charge in [-0.1, -0.05) is 30.3 Å². The van der Waals surface area contributed by atoms with Crippen molar-refractivity contribution in [3.05, 3.63) is 76.7 Å². The lowest BCUT2D eigenvalue weighted by Crippen LogP contribution is -2.51. The molecule has 1 saturated heterocycles. The molecule has 2 amide bonds. The number of nitrogens with one attached hydrogen (secondary N) is 1. The Balaban J connectivity index is 1.43. The van der Waals surface area contributed by atoms with E-state index in [0.29, 0.717) is 0 Å². The molecule has 0 radical (unpaired) electrons. The molecule has 0 aromatic heterocycles. The summed E-state index contributed by atoms with van der Waals surface area (Å²) in [6, 6.07) is 11.9. The number of carbonyl (C=O) groups is 2. The van der Waals surface area contributed by atoms with Crippen LogP contribution in [-0.2, 0) is 14.8 Å². The number of hydrogen-bond acceptors (Lipinski definition) is 4. The third-order valence-electron chi connectivity index (χ3n) is 4.97. The van der Waals surface area contributed by atoms with Crippen LogP contribution >= 0.6 is 0 Å². The molecule has 1 fully saturated rings. The number of benzene rings is 2. The molecule has 1 aliphatic heterocycles. The average Bonchev–Trinajstić information content (AvgIpc) is 2.80. The Labute approximate surface area is 185 Å². The summed E-state index contributed by atoms with van der Waals surface area (Å²) in [4.78, 5) is 27.8. The zero-order valence-electron chi connectivity index (χ0n) is 17.2. The van der Waals surface area contributed by atoms with E-state index in [1.54, 1.807) is 29.2 Å². The van der Waals surface area contributed by atoms with Crippen molar-refractivity contribution in [1.29, 1.82) is 0 Å². The topological polar surface area (TPSA) is 86.8 Å². The monoisotopic (exact) mass is 463 g/mol. The smallest absolute Gasteiger partial charge is 0.254 e. The molecule has 32 heavy (non-hydrogen) atoms. The number of piperazine rings is 1. The molecule has 1 N–H and O–H groups in total. The SMILES string of the molecule is O=C(CCNS(=O)(=O)/C=C/c1ccccc1)N1CCN(C(=O)c2ccc(F)c(F)c2)CC1. The Kier molecular flexibility index (Phi) is 7.70. The molecule has 1 heterocycles. The molecule has 3 rings (SSSR count). The number of sulfonamides is 1. The summed E-state index contributed by atoms with van der Waals surface area (Å²) in [6.45, 7) is 0.988. The van der Waals surface area contributed by atoms with Crippen molar-refractivity contribution in [1.82, 2.24) is 14.5 Å². The van der Waals surface area contributed by atoms with E-state index >= 15 is 0 Å². The molecular formula is C22H23F2N3O4S. The van der Waals surface area contributed by atoms with E-state index in [0.717, 1.165) is 23.1 Å². The summed E-state index contributed by atoms with van der Waals surface area (Å²) in [5, 5.41) is 1.05. The van der Waals surface area contributed by atoms with Crippen LogP contribution in [0.15, 0.2) is 53.9 Å². The molecule has 0 saturated carbocycles. The molecule has 0 unspecified atom stereocenters. The lowest BCUT2D eigenvalue weighted by Gasteiger charge is -2.35. The second kappa shape index (κ2) is 10.5. The van der Waals surface area contributed by atoms with E-state index in [4.69, 9.17) is 0 Å². The van der Waals surface area contributed by atoms with E-state index in [2.05, 4.69) is 4.72 Å². The highest BCUT2D eigenvalue weighted by Gasteiger charge is 2.25. The Hall–Kier alpha value is -3.11. The number of halogens is 2. The highest BCUT2D eigenvalue weighted by Crippen LogP contribution is 2.13. The minimum absolute atomic E-state index is 0.0183. The summed E-state index contributed by atoms with van der Waals surface area (Å²) in [6.07, 6.45) is 1.45. The normalized spacial score (nSPS) is 14.7. The van der Waals surface area contributed by atoms with E-state index in [1.807, 2.05) is 6.07 Å². The fraction of sp³-hybridized carbons (Fsp3) is 0.273. The third kappa shape index (κ3) is 6.44. The van der Waals surface area contributed by atoms with Crippen LogP contribution in [0.2, 0.25) is 0 Å². The van der Waals surface area contributed by atoms with Crippen molar-refractivity contribution in [2.24, 2.45) is 0 Å². The predicted molar refractivity (Wildman–Crippen MR) is 116 cm³/mol. The number of rotatable bonds is 7. The summed E-state index contributed by atoms with van der Waals surface area (Å²) in [5.74, 6) is -2.79. The maximum Gasteiger partial charge on any atom is 0.254 e. The van der Waals surface area contributed by atoms with Crippen molar-refractivity contribution in [2.75, 3.05) is 32.7 Å². The van der Waals surface area contributed by atoms with Gasteiger partial charge in [-0.3, -0.25) is 9.59 Å². The first kappa shape index (κ1) is 23.6. The zero-order valence-corrected chi connectivity index (χ0v) is 18.0. The lowest BCUT2D eigenvalue weighted by atomic mass is 10.1. The summed E-state index contributed by atoms with van der Waals surface area (Å²) >= 11 is 0. The van der Waals surface area contributed by atoms with Gasteiger partial charge in [-0.25, -0.2) is 21.9 Å². The van der Waals surface area contributed by atoms with Crippen LogP contribution in [0, 0.1) is 11.6 Å². The van der Waals surface area contributed by atoms with Gasteiger partial charge in [0.2, 0.25) is 15.9 Å². The lowest BCUT2D eigenvalue weighted by molar-refractivity contribution is -0.132. The van der Waals surface area contributed by atoms with Gasteiger partial charge in [0.15, 0.2) is 11.6 Å².